The van der Waals surface area contributed by atoms with E-state index in [0.717, 1.165) is 37.3 Å². The second-order valence-electron chi connectivity index (χ2n) is 7.91. The van der Waals surface area contributed by atoms with Crippen molar-refractivity contribution in [3.8, 4) is 34.2 Å². The van der Waals surface area contributed by atoms with Crippen molar-refractivity contribution in [1.82, 2.24) is 15.0 Å². The Bertz CT molecular complexity index is 1640. The van der Waals surface area contributed by atoms with E-state index < -0.39 is 0 Å². The zero-order valence-electron chi connectivity index (χ0n) is 17.6. The number of aromatic nitrogens is 3. The Hall–Kier alpha value is -3.89. The quantitative estimate of drug-likeness (QED) is 0.254. The lowest BCUT2D eigenvalue weighted by Gasteiger charge is -2.11. The summed E-state index contributed by atoms with van der Waals surface area (Å²) in [5.41, 5.74) is 2.90. The summed E-state index contributed by atoms with van der Waals surface area (Å²) in [6.45, 7) is 0. The molecule has 1 heterocycles. The first-order valence-electron chi connectivity index (χ1n) is 10.7. The van der Waals surface area contributed by atoms with E-state index >= 15 is 0 Å². The third kappa shape index (κ3) is 3.79. The third-order valence-electron chi connectivity index (χ3n) is 5.76. The summed E-state index contributed by atoms with van der Waals surface area (Å²) in [6, 6.07) is 37.3. The third-order valence-corrected chi connectivity index (χ3v) is 6.25. The van der Waals surface area contributed by atoms with Crippen LogP contribution >= 0.6 is 15.9 Å². The zero-order chi connectivity index (χ0) is 22.2. The minimum Gasteiger partial charge on any atom is -0.208 e. The van der Waals surface area contributed by atoms with Gasteiger partial charge in [0.25, 0.3) is 0 Å². The van der Waals surface area contributed by atoms with Gasteiger partial charge >= 0.3 is 0 Å². The average molecular weight is 488 g/mol. The molecule has 156 valence electrons. The van der Waals surface area contributed by atoms with Gasteiger partial charge in [-0.1, -0.05) is 107 Å². The molecular formula is C29H18BrN3. The largest absolute Gasteiger partial charge is 0.208 e. The van der Waals surface area contributed by atoms with Crippen molar-refractivity contribution in [2.45, 2.75) is 0 Å². The summed E-state index contributed by atoms with van der Waals surface area (Å²) >= 11 is 3.57. The van der Waals surface area contributed by atoms with Crippen LogP contribution in [-0.2, 0) is 0 Å². The first-order valence-corrected chi connectivity index (χ1v) is 11.5. The highest BCUT2D eigenvalue weighted by Crippen LogP contribution is 2.31. The van der Waals surface area contributed by atoms with Crippen LogP contribution in [0.3, 0.4) is 0 Å². The highest BCUT2D eigenvalue weighted by atomic mass is 79.9. The van der Waals surface area contributed by atoms with Crippen LogP contribution in [0.25, 0.3) is 55.7 Å². The molecule has 4 heteroatoms. The van der Waals surface area contributed by atoms with Gasteiger partial charge in [0.1, 0.15) is 0 Å². The standard InChI is InChI=1S/C29H18BrN3/c30-24-12-5-11-22(18-24)27-31-28(23-16-15-19-7-1-2-9-21(19)17-23)33-29(32-27)26-14-6-10-20-8-3-4-13-25(20)26/h1-18H. The maximum atomic E-state index is 4.94. The molecule has 5 aromatic carbocycles. The molecule has 0 fully saturated rings. The molecular weight excluding hydrogens is 470 g/mol. The molecule has 0 unspecified atom stereocenters. The summed E-state index contributed by atoms with van der Waals surface area (Å²) in [6.07, 6.45) is 0. The molecule has 0 aliphatic carbocycles. The molecule has 0 bridgehead atoms. The van der Waals surface area contributed by atoms with Gasteiger partial charge in [0, 0.05) is 21.2 Å². The van der Waals surface area contributed by atoms with Crippen LogP contribution in [0, 0.1) is 0 Å². The fourth-order valence-electron chi connectivity index (χ4n) is 4.13. The fraction of sp³-hybridized carbons (Fsp3) is 0. The predicted octanol–water partition coefficient (Wildman–Crippen LogP) is 7.94. The molecule has 0 N–H and O–H groups in total. The predicted molar refractivity (Wildman–Crippen MR) is 139 cm³/mol. The van der Waals surface area contributed by atoms with E-state index in [1.54, 1.807) is 0 Å². The van der Waals surface area contributed by atoms with Crippen LogP contribution in [0.4, 0.5) is 0 Å². The van der Waals surface area contributed by atoms with Gasteiger partial charge in [0.2, 0.25) is 0 Å². The second kappa shape index (κ2) is 8.23. The van der Waals surface area contributed by atoms with E-state index in [4.69, 9.17) is 15.0 Å². The Labute approximate surface area is 199 Å². The first-order chi connectivity index (χ1) is 16.2. The van der Waals surface area contributed by atoms with Crippen molar-refractivity contribution in [3.63, 3.8) is 0 Å². The molecule has 6 aromatic rings. The Morgan fingerprint density at radius 1 is 0.455 bits per heavy atom. The van der Waals surface area contributed by atoms with E-state index in [2.05, 4.69) is 82.7 Å². The number of benzene rings is 5. The molecule has 0 saturated carbocycles. The molecule has 3 nitrogen and oxygen atoms in total. The smallest absolute Gasteiger partial charge is 0.164 e. The van der Waals surface area contributed by atoms with Crippen LogP contribution in [0.2, 0.25) is 0 Å². The Morgan fingerprint density at radius 2 is 1.09 bits per heavy atom. The topological polar surface area (TPSA) is 38.7 Å². The summed E-state index contributed by atoms with van der Waals surface area (Å²) < 4.78 is 0.986. The molecule has 0 saturated heterocycles. The molecule has 0 spiro atoms. The lowest BCUT2D eigenvalue weighted by molar-refractivity contribution is 1.08. The van der Waals surface area contributed by atoms with Gasteiger partial charge in [-0.3, -0.25) is 0 Å². The molecule has 0 atom stereocenters. The number of nitrogens with zero attached hydrogens (tertiary/aromatic N) is 3. The van der Waals surface area contributed by atoms with Crippen LogP contribution in [0.1, 0.15) is 0 Å². The summed E-state index contributed by atoms with van der Waals surface area (Å²) in [5, 5.41) is 4.63. The second-order valence-corrected chi connectivity index (χ2v) is 8.82. The number of hydrogen-bond acceptors (Lipinski definition) is 3. The number of hydrogen-bond donors (Lipinski definition) is 0. The van der Waals surface area contributed by atoms with Crippen molar-refractivity contribution in [1.29, 1.82) is 0 Å². The lowest BCUT2D eigenvalue weighted by atomic mass is 10.0. The van der Waals surface area contributed by atoms with Crippen molar-refractivity contribution < 1.29 is 0 Å². The van der Waals surface area contributed by atoms with Crippen LogP contribution in [0.5, 0.6) is 0 Å². The maximum absolute atomic E-state index is 4.94. The minimum atomic E-state index is 0.650. The van der Waals surface area contributed by atoms with Crippen molar-refractivity contribution in [2.24, 2.45) is 0 Å². The van der Waals surface area contributed by atoms with Gasteiger partial charge in [-0.15, -0.1) is 0 Å². The molecule has 0 aliphatic rings. The summed E-state index contributed by atoms with van der Waals surface area (Å²) in [5.74, 6) is 1.98. The summed E-state index contributed by atoms with van der Waals surface area (Å²) in [4.78, 5) is 14.7. The van der Waals surface area contributed by atoms with Gasteiger partial charge in [0.15, 0.2) is 17.5 Å². The molecule has 0 aliphatic heterocycles. The van der Waals surface area contributed by atoms with Gasteiger partial charge in [-0.2, -0.15) is 0 Å². The normalized spacial score (nSPS) is 11.2. The number of halogens is 1. The van der Waals surface area contributed by atoms with Crippen LogP contribution < -0.4 is 0 Å². The summed E-state index contributed by atoms with van der Waals surface area (Å²) in [7, 11) is 0. The fourth-order valence-corrected chi connectivity index (χ4v) is 4.53. The van der Waals surface area contributed by atoms with E-state index in [-0.39, 0.29) is 0 Å². The van der Waals surface area contributed by atoms with E-state index in [9.17, 15) is 0 Å². The van der Waals surface area contributed by atoms with Gasteiger partial charge in [0.05, 0.1) is 0 Å². The van der Waals surface area contributed by atoms with E-state index in [1.165, 1.54) is 5.39 Å². The highest BCUT2D eigenvalue weighted by molar-refractivity contribution is 9.10. The van der Waals surface area contributed by atoms with Gasteiger partial charge in [-0.25, -0.2) is 15.0 Å². The van der Waals surface area contributed by atoms with E-state index in [1.807, 2.05) is 42.5 Å². The SMILES string of the molecule is Brc1cccc(-c2nc(-c3ccc4ccccc4c3)nc(-c3cccc4ccccc34)n2)c1. The maximum Gasteiger partial charge on any atom is 0.164 e. The van der Waals surface area contributed by atoms with Crippen LogP contribution in [0.15, 0.2) is 114 Å². The molecule has 0 amide bonds. The van der Waals surface area contributed by atoms with E-state index in [0.29, 0.717) is 17.5 Å². The average Bonchev–Trinajstić information content (AvgIpc) is 2.88. The Kier molecular flexibility index (Phi) is 4.93. The molecule has 33 heavy (non-hydrogen) atoms. The lowest BCUT2D eigenvalue weighted by Crippen LogP contribution is -2.00. The van der Waals surface area contributed by atoms with Crippen molar-refractivity contribution >= 4 is 37.5 Å². The van der Waals surface area contributed by atoms with Gasteiger partial charge < -0.3 is 0 Å². The number of fused-ring (bicyclic) bond motifs is 2. The molecule has 6 rings (SSSR count). The monoisotopic (exact) mass is 487 g/mol. The Balaban J connectivity index is 1.61. The van der Waals surface area contributed by atoms with Crippen LogP contribution in [-0.4, -0.2) is 15.0 Å². The van der Waals surface area contributed by atoms with Crippen molar-refractivity contribution in [2.75, 3.05) is 0 Å². The van der Waals surface area contributed by atoms with Gasteiger partial charge in [-0.05, 0) is 39.7 Å². The first kappa shape index (κ1) is 19.8. The number of rotatable bonds is 3. The minimum absolute atomic E-state index is 0.650. The van der Waals surface area contributed by atoms with Crippen molar-refractivity contribution in [3.05, 3.63) is 114 Å². The highest BCUT2D eigenvalue weighted by Gasteiger charge is 2.14. The Morgan fingerprint density at radius 3 is 1.91 bits per heavy atom. The molecule has 0 radical (unpaired) electrons. The zero-order valence-corrected chi connectivity index (χ0v) is 19.2. The molecule has 1 aromatic heterocycles.